The molecule has 3 aromatic rings. The third-order valence-electron chi connectivity index (χ3n) is 5.76. The summed E-state index contributed by atoms with van der Waals surface area (Å²) in [6.07, 6.45) is -3.78. The van der Waals surface area contributed by atoms with Crippen LogP contribution in [-0.2, 0) is 16.0 Å². The summed E-state index contributed by atoms with van der Waals surface area (Å²) >= 11 is 0. The van der Waals surface area contributed by atoms with Gasteiger partial charge in [0.25, 0.3) is 0 Å². The van der Waals surface area contributed by atoms with E-state index >= 15 is 0 Å². The van der Waals surface area contributed by atoms with Gasteiger partial charge in [0.1, 0.15) is 0 Å². The van der Waals surface area contributed by atoms with Gasteiger partial charge in [0, 0.05) is 6.42 Å². The van der Waals surface area contributed by atoms with E-state index < -0.39 is 30.1 Å². The fourth-order valence-electron chi connectivity index (χ4n) is 4.24. The molecule has 4 rings (SSSR count). The second-order valence-electron chi connectivity index (χ2n) is 8.12. The van der Waals surface area contributed by atoms with Gasteiger partial charge in [0.05, 0.1) is 12.1 Å². The molecule has 172 valence electrons. The average Bonchev–Trinajstić information content (AvgIpc) is 3.20. The average molecular weight is 454 g/mol. The van der Waals surface area contributed by atoms with Gasteiger partial charge in [-0.25, -0.2) is 4.79 Å². The molecule has 4 nitrogen and oxygen atoms in total. The first-order chi connectivity index (χ1) is 15.9. The van der Waals surface area contributed by atoms with E-state index in [9.17, 15) is 18.0 Å². The van der Waals surface area contributed by atoms with Gasteiger partial charge in [-0.2, -0.15) is 13.2 Å². The number of rotatable bonds is 7. The van der Waals surface area contributed by atoms with E-state index in [4.69, 9.17) is 4.74 Å². The molecule has 2 N–H and O–H groups in total. The molecule has 1 saturated heterocycles. The van der Waals surface area contributed by atoms with E-state index in [-0.39, 0.29) is 6.42 Å². The van der Waals surface area contributed by atoms with Crippen LogP contribution < -0.4 is 10.6 Å². The minimum atomic E-state index is -5.09. The van der Waals surface area contributed by atoms with Crippen molar-refractivity contribution in [2.75, 3.05) is 0 Å². The van der Waals surface area contributed by atoms with Gasteiger partial charge >= 0.3 is 12.1 Å². The Morgan fingerprint density at radius 1 is 0.788 bits per heavy atom. The SMILES string of the molecule is O=C(OC1(CCCc2ccccc2)NC(c2ccccc2)C(c2ccccc2)N1)C(F)(F)F. The lowest BCUT2D eigenvalue weighted by Gasteiger charge is -2.31. The number of nitrogens with one attached hydrogen (secondary N) is 2. The molecule has 7 heteroatoms. The van der Waals surface area contributed by atoms with Gasteiger partial charge in [-0.05, 0) is 29.5 Å². The van der Waals surface area contributed by atoms with Crippen molar-refractivity contribution in [2.45, 2.75) is 43.4 Å². The fourth-order valence-corrected chi connectivity index (χ4v) is 4.24. The Balaban J connectivity index is 1.64. The molecular formula is C26H25F3N2O2. The molecule has 0 amide bonds. The Morgan fingerprint density at radius 3 is 1.70 bits per heavy atom. The van der Waals surface area contributed by atoms with E-state index in [1.165, 1.54) is 0 Å². The Hall–Kier alpha value is -3.16. The molecule has 1 aliphatic rings. The van der Waals surface area contributed by atoms with E-state index in [2.05, 4.69) is 10.6 Å². The van der Waals surface area contributed by atoms with Crippen molar-refractivity contribution in [3.05, 3.63) is 108 Å². The first-order valence-corrected chi connectivity index (χ1v) is 10.9. The third kappa shape index (κ3) is 5.61. The standard InChI is InChI=1S/C26H25F3N2O2/c27-26(28,29)24(32)33-25(18-10-13-19-11-4-1-5-12-19)30-22(20-14-6-2-7-15-20)23(31-25)21-16-8-3-9-17-21/h1-9,11-12,14-17,22-23,30-31H,10,13,18H2. The van der Waals surface area contributed by atoms with E-state index in [1.807, 2.05) is 91.0 Å². The number of esters is 1. The van der Waals surface area contributed by atoms with Crippen LogP contribution in [0.25, 0.3) is 0 Å². The molecule has 1 aliphatic heterocycles. The Kier molecular flexibility index (Phi) is 6.81. The van der Waals surface area contributed by atoms with Crippen molar-refractivity contribution in [3.8, 4) is 0 Å². The number of ether oxygens (including phenoxy) is 1. The molecule has 2 atom stereocenters. The minimum absolute atomic E-state index is 0.163. The van der Waals surface area contributed by atoms with Gasteiger partial charge in [0.15, 0.2) is 0 Å². The third-order valence-corrected chi connectivity index (χ3v) is 5.76. The lowest BCUT2D eigenvalue weighted by Crippen LogP contribution is -2.55. The topological polar surface area (TPSA) is 50.4 Å². The molecule has 3 aromatic carbocycles. The van der Waals surface area contributed by atoms with Gasteiger partial charge in [-0.1, -0.05) is 91.0 Å². The predicted molar refractivity (Wildman–Crippen MR) is 119 cm³/mol. The lowest BCUT2D eigenvalue weighted by molar-refractivity contribution is -0.219. The predicted octanol–water partition coefficient (Wildman–Crippen LogP) is 5.44. The molecule has 0 aliphatic carbocycles. The first-order valence-electron chi connectivity index (χ1n) is 10.9. The summed E-state index contributed by atoms with van der Waals surface area (Å²) in [6.45, 7) is 0. The van der Waals surface area contributed by atoms with Crippen LogP contribution in [0.15, 0.2) is 91.0 Å². The summed E-state index contributed by atoms with van der Waals surface area (Å²) in [5, 5.41) is 6.41. The lowest BCUT2D eigenvalue weighted by atomic mass is 9.95. The first kappa shape index (κ1) is 23.0. The zero-order valence-corrected chi connectivity index (χ0v) is 17.9. The van der Waals surface area contributed by atoms with Crippen molar-refractivity contribution >= 4 is 5.97 Å². The molecule has 0 saturated carbocycles. The number of halogens is 3. The second kappa shape index (κ2) is 9.77. The second-order valence-corrected chi connectivity index (χ2v) is 8.12. The molecule has 33 heavy (non-hydrogen) atoms. The van der Waals surface area contributed by atoms with Gasteiger partial charge < -0.3 is 4.74 Å². The highest BCUT2D eigenvalue weighted by Gasteiger charge is 2.52. The van der Waals surface area contributed by atoms with Crippen LogP contribution in [0.1, 0.15) is 41.6 Å². The summed E-state index contributed by atoms with van der Waals surface area (Å²) < 4.78 is 44.6. The summed E-state index contributed by atoms with van der Waals surface area (Å²) in [7, 11) is 0. The largest absolute Gasteiger partial charge is 0.491 e. The van der Waals surface area contributed by atoms with Gasteiger partial charge in [-0.15, -0.1) is 0 Å². The fraction of sp³-hybridized carbons (Fsp3) is 0.269. The maximum absolute atomic E-state index is 13.2. The van der Waals surface area contributed by atoms with Crippen LogP contribution in [0.2, 0.25) is 0 Å². The highest BCUT2D eigenvalue weighted by molar-refractivity contribution is 5.76. The zero-order valence-electron chi connectivity index (χ0n) is 17.9. The molecule has 0 radical (unpaired) electrons. The highest BCUT2D eigenvalue weighted by Crippen LogP contribution is 2.40. The minimum Gasteiger partial charge on any atom is -0.424 e. The molecule has 2 unspecified atom stereocenters. The molecule has 1 fully saturated rings. The number of carbonyl (C=O) groups is 1. The summed E-state index contributed by atoms with van der Waals surface area (Å²) in [4.78, 5) is 11.9. The number of alkyl halides is 3. The van der Waals surface area contributed by atoms with Gasteiger partial charge in [0.2, 0.25) is 5.85 Å². The number of benzene rings is 3. The Morgan fingerprint density at radius 2 is 1.24 bits per heavy atom. The Labute approximate surface area is 190 Å². The van der Waals surface area contributed by atoms with Crippen molar-refractivity contribution in [3.63, 3.8) is 0 Å². The summed E-state index contributed by atoms with van der Waals surface area (Å²) in [5.41, 5.74) is 2.82. The van der Waals surface area contributed by atoms with Crippen LogP contribution in [0, 0.1) is 0 Å². The Bertz CT molecular complexity index is 996. The summed E-state index contributed by atoms with van der Waals surface area (Å²) in [6, 6.07) is 27.7. The van der Waals surface area contributed by atoms with Crippen LogP contribution >= 0.6 is 0 Å². The monoisotopic (exact) mass is 454 g/mol. The van der Waals surface area contributed by atoms with Crippen molar-refractivity contribution < 1.29 is 22.7 Å². The van der Waals surface area contributed by atoms with Crippen LogP contribution in [0.3, 0.4) is 0 Å². The van der Waals surface area contributed by atoms with Crippen LogP contribution in [0.4, 0.5) is 13.2 Å². The van der Waals surface area contributed by atoms with E-state index in [1.54, 1.807) is 0 Å². The van der Waals surface area contributed by atoms with Crippen molar-refractivity contribution in [1.82, 2.24) is 10.6 Å². The number of hydrogen-bond acceptors (Lipinski definition) is 4. The number of hydrogen-bond donors (Lipinski definition) is 2. The van der Waals surface area contributed by atoms with Crippen LogP contribution in [0.5, 0.6) is 0 Å². The number of carbonyl (C=O) groups excluding carboxylic acids is 1. The summed E-state index contributed by atoms with van der Waals surface area (Å²) in [5.74, 6) is -3.88. The normalized spacial score (nSPS) is 22.8. The molecule has 0 spiro atoms. The molecule has 0 aromatic heterocycles. The smallest absolute Gasteiger partial charge is 0.424 e. The van der Waals surface area contributed by atoms with E-state index in [0.29, 0.717) is 12.8 Å². The van der Waals surface area contributed by atoms with Crippen molar-refractivity contribution in [1.29, 1.82) is 0 Å². The maximum Gasteiger partial charge on any atom is 0.491 e. The zero-order chi connectivity index (χ0) is 23.3. The molecular weight excluding hydrogens is 429 g/mol. The van der Waals surface area contributed by atoms with Crippen molar-refractivity contribution in [2.24, 2.45) is 0 Å². The molecule has 0 bridgehead atoms. The quantitative estimate of drug-likeness (QED) is 0.467. The van der Waals surface area contributed by atoms with E-state index in [0.717, 1.165) is 16.7 Å². The highest BCUT2D eigenvalue weighted by atomic mass is 19.4. The van der Waals surface area contributed by atoms with Gasteiger partial charge in [-0.3, -0.25) is 10.6 Å². The molecule has 1 heterocycles. The van der Waals surface area contributed by atoms with Crippen LogP contribution in [-0.4, -0.2) is 18.0 Å². The number of aryl methyl sites for hydroxylation is 1. The maximum atomic E-state index is 13.2.